The molecule has 0 bridgehead atoms. The largest absolute Gasteiger partial charge is 0.320 e. The highest BCUT2D eigenvalue weighted by Gasteiger charge is 2.17. The van der Waals surface area contributed by atoms with Crippen molar-refractivity contribution in [3.63, 3.8) is 0 Å². The molecule has 4 heteroatoms. The van der Waals surface area contributed by atoms with E-state index in [1.165, 1.54) is 6.07 Å². The zero-order valence-electron chi connectivity index (χ0n) is 10.6. The molecule has 2 N–H and O–H groups in total. The molecule has 0 amide bonds. The van der Waals surface area contributed by atoms with Crippen LogP contribution in [0.25, 0.3) is 10.8 Å². The lowest BCUT2D eigenvalue weighted by molar-refractivity contribution is 0.600. The van der Waals surface area contributed by atoms with Gasteiger partial charge in [0.15, 0.2) is 0 Å². The van der Waals surface area contributed by atoms with Crippen LogP contribution in [0.5, 0.6) is 0 Å². The average Bonchev–Trinajstić information content (AvgIpc) is 2.49. The second kappa shape index (κ2) is 5.19. The molecule has 0 saturated carbocycles. The molecule has 1 heterocycles. The molecule has 3 aromatic rings. The number of hydrogen-bond donors (Lipinski definition) is 1. The summed E-state index contributed by atoms with van der Waals surface area (Å²) in [5, 5.41) is 2.03. The van der Waals surface area contributed by atoms with Crippen molar-refractivity contribution in [3.05, 3.63) is 76.8 Å². The lowest BCUT2D eigenvalue weighted by Gasteiger charge is -2.16. The van der Waals surface area contributed by atoms with Gasteiger partial charge in [-0.2, -0.15) is 0 Å². The van der Waals surface area contributed by atoms with Gasteiger partial charge >= 0.3 is 0 Å². The lowest BCUT2D eigenvalue weighted by atomic mass is 9.95. The van der Waals surface area contributed by atoms with Crippen molar-refractivity contribution in [1.29, 1.82) is 0 Å². The van der Waals surface area contributed by atoms with Crippen molar-refractivity contribution in [2.75, 3.05) is 0 Å². The van der Waals surface area contributed by atoms with Crippen LogP contribution in [0, 0.1) is 5.82 Å². The SMILES string of the molecule is NC(c1cccc(Cl)c1F)c1cccc2cnccc12. The maximum atomic E-state index is 14.1. The number of halogens is 2. The van der Waals surface area contributed by atoms with Gasteiger partial charge in [0, 0.05) is 23.3 Å². The van der Waals surface area contributed by atoms with Gasteiger partial charge in [-0.1, -0.05) is 41.9 Å². The maximum absolute atomic E-state index is 14.1. The molecule has 0 fully saturated rings. The summed E-state index contributed by atoms with van der Waals surface area (Å²) >= 11 is 5.82. The number of fused-ring (bicyclic) bond motifs is 1. The Morgan fingerprint density at radius 2 is 1.80 bits per heavy atom. The number of hydrogen-bond acceptors (Lipinski definition) is 2. The summed E-state index contributed by atoms with van der Waals surface area (Å²) in [6, 6.07) is 11.9. The second-order valence-corrected chi connectivity index (χ2v) is 4.97. The number of rotatable bonds is 2. The van der Waals surface area contributed by atoms with Crippen LogP contribution in [0.4, 0.5) is 4.39 Å². The first-order chi connectivity index (χ1) is 9.68. The summed E-state index contributed by atoms with van der Waals surface area (Å²) in [5.74, 6) is -0.465. The smallest absolute Gasteiger partial charge is 0.146 e. The Morgan fingerprint density at radius 1 is 1.05 bits per heavy atom. The molecule has 1 aromatic heterocycles. The molecule has 0 spiro atoms. The van der Waals surface area contributed by atoms with Crippen molar-refractivity contribution < 1.29 is 4.39 Å². The Morgan fingerprint density at radius 3 is 2.65 bits per heavy atom. The molecule has 1 atom stereocenters. The predicted octanol–water partition coefficient (Wildman–Crippen LogP) is 4.08. The van der Waals surface area contributed by atoms with Gasteiger partial charge in [-0.3, -0.25) is 4.98 Å². The van der Waals surface area contributed by atoms with E-state index in [1.807, 2.05) is 24.3 Å². The van der Waals surface area contributed by atoms with Crippen molar-refractivity contribution >= 4 is 22.4 Å². The Kier molecular flexibility index (Phi) is 3.38. The van der Waals surface area contributed by atoms with Crippen LogP contribution in [-0.2, 0) is 0 Å². The Bertz CT molecular complexity index is 768. The zero-order valence-corrected chi connectivity index (χ0v) is 11.3. The molecule has 2 nitrogen and oxygen atoms in total. The maximum Gasteiger partial charge on any atom is 0.146 e. The van der Waals surface area contributed by atoms with E-state index in [1.54, 1.807) is 24.5 Å². The molecular weight excluding hydrogens is 275 g/mol. The molecule has 100 valence electrons. The van der Waals surface area contributed by atoms with Crippen molar-refractivity contribution in [2.45, 2.75) is 6.04 Å². The number of aromatic nitrogens is 1. The van der Waals surface area contributed by atoms with Crippen LogP contribution in [0.15, 0.2) is 54.9 Å². The van der Waals surface area contributed by atoms with E-state index in [0.29, 0.717) is 5.56 Å². The van der Waals surface area contributed by atoms with E-state index >= 15 is 0 Å². The first kappa shape index (κ1) is 13.0. The minimum Gasteiger partial charge on any atom is -0.320 e. The summed E-state index contributed by atoms with van der Waals surface area (Å²) in [5.41, 5.74) is 7.48. The van der Waals surface area contributed by atoms with E-state index in [0.717, 1.165) is 16.3 Å². The lowest BCUT2D eigenvalue weighted by Crippen LogP contribution is -2.14. The van der Waals surface area contributed by atoms with E-state index in [-0.39, 0.29) is 5.02 Å². The molecular formula is C16H12ClFN2. The molecule has 0 radical (unpaired) electrons. The molecule has 0 aliphatic heterocycles. The van der Waals surface area contributed by atoms with Gasteiger partial charge in [0.2, 0.25) is 0 Å². The standard InChI is InChI=1S/C16H12ClFN2/c17-14-6-2-5-13(15(14)18)16(19)12-4-1-3-10-9-20-8-7-11(10)12/h1-9,16H,19H2. The summed E-state index contributed by atoms with van der Waals surface area (Å²) in [6.45, 7) is 0. The van der Waals surface area contributed by atoms with Crippen molar-refractivity contribution in [3.8, 4) is 0 Å². The topological polar surface area (TPSA) is 38.9 Å². The molecule has 2 aromatic carbocycles. The van der Waals surface area contributed by atoms with Crippen LogP contribution < -0.4 is 5.73 Å². The molecule has 3 rings (SSSR count). The summed E-state index contributed by atoms with van der Waals surface area (Å²) in [7, 11) is 0. The Balaban J connectivity index is 2.18. The summed E-state index contributed by atoms with van der Waals surface area (Å²) < 4.78 is 14.1. The van der Waals surface area contributed by atoms with E-state index in [2.05, 4.69) is 4.98 Å². The zero-order chi connectivity index (χ0) is 14.1. The van der Waals surface area contributed by atoms with Crippen LogP contribution >= 0.6 is 11.6 Å². The predicted molar refractivity (Wildman–Crippen MR) is 79.2 cm³/mol. The molecule has 0 saturated heterocycles. The molecule has 0 aliphatic rings. The minimum atomic E-state index is -0.570. The van der Waals surface area contributed by atoms with Crippen molar-refractivity contribution in [2.24, 2.45) is 5.73 Å². The number of nitrogens with zero attached hydrogens (tertiary/aromatic N) is 1. The van der Waals surface area contributed by atoms with Crippen molar-refractivity contribution in [1.82, 2.24) is 4.98 Å². The first-order valence-electron chi connectivity index (χ1n) is 6.20. The molecule has 1 unspecified atom stereocenters. The third kappa shape index (κ3) is 2.15. The van der Waals surface area contributed by atoms with Gasteiger partial charge in [0.25, 0.3) is 0 Å². The van der Waals surface area contributed by atoms with E-state index in [9.17, 15) is 4.39 Å². The van der Waals surface area contributed by atoms with Crippen LogP contribution in [0.2, 0.25) is 5.02 Å². The van der Waals surface area contributed by atoms with Gasteiger partial charge in [0.1, 0.15) is 5.82 Å². The summed E-state index contributed by atoms with van der Waals surface area (Å²) in [6.07, 6.45) is 3.47. The third-order valence-corrected chi connectivity index (χ3v) is 3.66. The van der Waals surface area contributed by atoms with Gasteiger partial charge < -0.3 is 5.73 Å². The quantitative estimate of drug-likeness (QED) is 0.771. The average molecular weight is 287 g/mol. The fraction of sp³-hybridized carbons (Fsp3) is 0.0625. The third-order valence-electron chi connectivity index (χ3n) is 3.37. The number of nitrogens with two attached hydrogens (primary N) is 1. The highest BCUT2D eigenvalue weighted by molar-refractivity contribution is 6.30. The fourth-order valence-corrected chi connectivity index (χ4v) is 2.53. The van der Waals surface area contributed by atoms with Gasteiger partial charge in [-0.25, -0.2) is 4.39 Å². The first-order valence-corrected chi connectivity index (χ1v) is 6.58. The number of benzene rings is 2. The highest BCUT2D eigenvalue weighted by atomic mass is 35.5. The fourth-order valence-electron chi connectivity index (χ4n) is 2.35. The van der Waals surface area contributed by atoms with Crippen LogP contribution in [0.1, 0.15) is 17.2 Å². The molecule has 20 heavy (non-hydrogen) atoms. The van der Waals surface area contributed by atoms with Crippen LogP contribution in [-0.4, -0.2) is 4.98 Å². The normalized spacial score (nSPS) is 12.6. The van der Waals surface area contributed by atoms with Gasteiger partial charge in [-0.05, 0) is 23.1 Å². The van der Waals surface area contributed by atoms with Crippen LogP contribution in [0.3, 0.4) is 0 Å². The second-order valence-electron chi connectivity index (χ2n) is 4.56. The van der Waals surface area contributed by atoms with E-state index in [4.69, 9.17) is 17.3 Å². The molecule has 0 aliphatic carbocycles. The minimum absolute atomic E-state index is 0.0832. The summed E-state index contributed by atoms with van der Waals surface area (Å²) in [4.78, 5) is 4.08. The van der Waals surface area contributed by atoms with E-state index < -0.39 is 11.9 Å². The highest BCUT2D eigenvalue weighted by Crippen LogP contribution is 2.30. The monoisotopic (exact) mass is 286 g/mol. The number of pyridine rings is 1. The van der Waals surface area contributed by atoms with Gasteiger partial charge in [0.05, 0.1) is 11.1 Å². The Labute approximate surface area is 121 Å². The van der Waals surface area contributed by atoms with Gasteiger partial charge in [-0.15, -0.1) is 0 Å². The Hall–Kier alpha value is -1.97.